The lowest BCUT2D eigenvalue weighted by molar-refractivity contribution is 0.241. The lowest BCUT2D eigenvalue weighted by Crippen LogP contribution is -2.05. The second-order valence-electron chi connectivity index (χ2n) is 2.59. The number of alkyl halides is 1. The molecule has 0 aliphatic carbocycles. The van der Waals surface area contributed by atoms with E-state index in [1.165, 1.54) is 0 Å². The summed E-state index contributed by atoms with van der Waals surface area (Å²) in [6.07, 6.45) is 0. The van der Waals surface area contributed by atoms with Crippen LogP contribution in [0.5, 0.6) is 0 Å². The Bertz CT molecular complexity index is 248. The van der Waals surface area contributed by atoms with Crippen molar-refractivity contribution >= 4 is 15.9 Å². The molecule has 0 aromatic heterocycles. The van der Waals surface area contributed by atoms with Crippen LogP contribution in [0.4, 0.5) is 4.39 Å². The molecular weight excluding hydrogens is 223 g/mol. The van der Waals surface area contributed by atoms with Crippen molar-refractivity contribution in [2.75, 3.05) is 13.3 Å². The van der Waals surface area contributed by atoms with Crippen LogP contribution in [-0.2, 0) is 0 Å². The minimum Gasteiger partial charge on any atom is -0.396 e. The summed E-state index contributed by atoms with van der Waals surface area (Å²) in [5.41, 5.74) is 0.828. The van der Waals surface area contributed by atoms with Gasteiger partial charge in [0.25, 0.3) is 0 Å². The van der Waals surface area contributed by atoms with Crippen LogP contribution in [0.1, 0.15) is 11.5 Å². The molecule has 1 rings (SSSR count). The Morgan fingerprint density at radius 3 is 2.75 bits per heavy atom. The zero-order valence-electron chi connectivity index (χ0n) is 6.50. The molecule has 0 saturated heterocycles. The third-order valence-electron chi connectivity index (χ3n) is 1.73. The maximum absolute atomic E-state index is 12.3. The second-order valence-corrected chi connectivity index (χ2v) is 3.50. The van der Waals surface area contributed by atoms with E-state index in [-0.39, 0.29) is 12.5 Å². The van der Waals surface area contributed by atoms with Crippen molar-refractivity contribution in [2.24, 2.45) is 0 Å². The summed E-state index contributed by atoms with van der Waals surface area (Å²) in [5.74, 6) is -0.387. The molecule has 66 valence electrons. The van der Waals surface area contributed by atoms with Crippen molar-refractivity contribution in [3.8, 4) is 0 Å². The third-order valence-corrected chi connectivity index (χ3v) is 2.22. The van der Waals surface area contributed by atoms with Crippen LogP contribution in [0, 0.1) is 0 Å². The van der Waals surface area contributed by atoms with Gasteiger partial charge in [0.05, 0.1) is 13.3 Å². The Hall–Kier alpha value is -0.410. The molecular formula is C9H10BrFO. The number of halogens is 2. The van der Waals surface area contributed by atoms with Gasteiger partial charge in [0, 0.05) is 10.4 Å². The lowest BCUT2D eigenvalue weighted by Gasteiger charge is -2.09. The number of aliphatic hydroxyl groups excluding tert-OH is 1. The highest BCUT2D eigenvalue weighted by Crippen LogP contribution is 2.19. The van der Waals surface area contributed by atoms with Crippen molar-refractivity contribution < 1.29 is 9.50 Å². The van der Waals surface area contributed by atoms with E-state index in [2.05, 4.69) is 15.9 Å². The molecule has 1 nitrogen and oxygen atoms in total. The number of rotatable bonds is 3. The molecule has 0 radical (unpaired) electrons. The Kier molecular flexibility index (Phi) is 3.69. The van der Waals surface area contributed by atoms with Crippen LogP contribution >= 0.6 is 15.9 Å². The van der Waals surface area contributed by atoms with E-state index in [1.807, 2.05) is 24.3 Å². The molecule has 0 fully saturated rings. The first-order valence-electron chi connectivity index (χ1n) is 3.70. The molecule has 1 unspecified atom stereocenters. The molecule has 0 aliphatic heterocycles. The molecule has 0 spiro atoms. The van der Waals surface area contributed by atoms with E-state index in [1.54, 1.807) is 0 Å². The SMILES string of the molecule is OCC(CF)c1cccc(Br)c1. The highest BCUT2D eigenvalue weighted by Gasteiger charge is 2.09. The minimum atomic E-state index is -0.521. The van der Waals surface area contributed by atoms with E-state index in [9.17, 15) is 4.39 Å². The Morgan fingerprint density at radius 1 is 1.50 bits per heavy atom. The monoisotopic (exact) mass is 232 g/mol. The number of hydrogen-bond donors (Lipinski definition) is 1. The molecule has 0 aliphatic rings. The van der Waals surface area contributed by atoms with E-state index >= 15 is 0 Å². The maximum atomic E-state index is 12.3. The van der Waals surface area contributed by atoms with Gasteiger partial charge in [-0.15, -0.1) is 0 Å². The summed E-state index contributed by atoms with van der Waals surface area (Å²) in [6, 6.07) is 7.33. The van der Waals surface area contributed by atoms with Gasteiger partial charge in [0.1, 0.15) is 0 Å². The van der Waals surface area contributed by atoms with Gasteiger partial charge >= 0.3 is 0 Å². The van der Waals surface area contributed by atoms with E-state index in [0.717, 1.165) is 10.0 Å². The zero-order valence-corrected chi connectivity index (χ0v) is 8.09. The van der Waals surface area contributed by atoms with Crippen molar-refractivity contribution in [3.05, 3.63) is 34.3 Å². The number of aliphatic hydroxyl groups is 1. The van der Waals surface area contributed by atoms with Crippen molar-refractivity contribution in [1.82, 2.24) is 0 Å². The van der Waals surface area contributed by atoms with Gasteiger partial charge < -0.3 is 5.11 Å². The summed E-state index contributed by atoms with van der Waals surface area (Å²) in [6.45, 7) is -0.667. The van der Waals surface area contributed by atoms with Gasteiger partial charge in [-0.25, -0.2) is 0 Å². The van der Waals surface area contributed by atoms with Gasteiger partial charge in [0.2, 0.25) is 0 Å². The Morgan fingerprint density at radius 2 is 2.25 bits per heavy atom. The van der Waals surface area contributed by atoms with Crippen LogP contribution in [0.2, 0.25) is 0 Å². The average Bonchev–Trinajstić information content (AvgIpc) is 2.07. The first-order chi connectivity index (χ1) is 5.77. The van der Waals surface area contributed by atoms with Crippen molar-refractivity contribution in [1.29, 1.82) is 0 Å². The summed E-state index contributed by atoms with van der Waals surface area (Å²) in [4.78, 5) is 0. The molecule has 3 heteroatoms. The van der Waals surface area contributed by atoms with Crippen molar-refractivity contribution in [2.45, 2.75) is 5.92 Å². The third kappa shape index (κ3) is 2.29. The van der Waals surface area contributed by atoms with Gasteiger partial charge in [-0.05, 0) is 17.7 Å². The number of benzene rings is 1. The summed E-state index contributed by atoms with van der Waals surface area (Å²) in [5, 5.41) is 8.82. The number of hydrogen-bond acceptors (Lipinski definition) is 1. The molecule has 0 amide bonds. The van der Waals surface area contributed by atoms with Crippen LogP contribution in [-0.4, -0.2) is 18.4 Å². The van der Waals surface area contributed by atoms with Gasteiger partial charge in [-0.3, -0.25) is 4.39 Å². The van der Waals surface area contributed by atoms with Crippen LogP contribution in [0.25, 0.3) is 0 Å². The Labute approximate surface area is 79.4 Å². The predicted molar refractivity (Wildman–Crippen MR) is 49.9 cm³/mol. The largest absolute Gasteiger partial charge is 0.396 e. The second kappa shape index (κ2) is 4.58. The molecule has 0 saturated carbocycles. The molecule has 1 N–H and O–H groups in total. The van der Waals surface area contributed by atoms with Gasteiger partial charge in [0.15, 0.2) is 0 Å². The van der Waals surface area contributed by atoms with Crippen LogP contribution < -0.4 is 0 Å². The van der Waals surface area contributed by atoms with Gasteiger partial charge in [-0.2, -0.15) is 0 Å². The van der Waals surface area contributed by atoms with Crippen LogP contribution in [0.3, 0.4) is 0 Å². The standard InChI is InChI=1S/C9H10BrFO/c10-9-3-1-2-7(4-9)8(5-11)6-12/h1-4,8,12H,5-6H2. The zero-order chi connectivity index (χ0) is 8.97. The molecule has 12 heavy (non-hydrogen) atoms. The highest BCUT2D eigenvalue weighted by molar-refractivity contribution is 9.10. The van der Waals surface area contributed by atoms with E-state index in [0.29, 0.717) is 0 Å². The first kappa shape index (κ1) is 9.68. The Balaban J connectivity index is 2.85. The molecule has 0 heterocycles. The quantitative estimate of drug-likeness (QED) is 0.850. The molecule has 0 bridgehead atoms. The predicted octanol–water partition coefficient (Wildman–Crippen LogP) is 2.49. The smallest absolute Gasteiger partial charge is 0.0984 e. The van der Waals surface area contributed by atoms with E-state index in [4.69, 9.17) is 5.11 Å². The maximum Gasteiger partial charge on any atom is 0.0984 e. The molecule has 1 atom stereocenters. The fourth-order valence-electron chi connectivity index (χ4n) is 1.00. The van der Waals surface area contributed by atoms with E-state index < -0.39 is 6.67 Å². The minimum absolute atomic E-state index is 0.146. The fourth-order valence-corrected chi connectivity index (χ4v) is 1.42. The summed E-state index contributed by atoms with van der Waals surface area (Å²) in [7, 11) is 0. The normalized spacial score (nSPS) is 12.9. The summed E-state index contributed by atoms with van der Waals surface area (Å²) >= 11 is 3.28. The highest BCUT2D eigenvalue weighted by atomic mass is 79.9. The van der Waals surface area contributed by atoms with Crippen molar-refractivity contribution in [3.63, 3.8) is 0 Å². The molecule has 1 aromatic carbocycles. The van der Waals surface area contributed by atoms with Gasteiger partial charge in [-0.1, -0.05) is 28.1 Å². The van der Waals surface area contributed by atoms with Crippen LogP contribution in [0.15, 0.2) is 28.7 Å². The topological polar surface area (TPSA) is 20.2 Å². The lowest BCUT2D eigenvalue weighted by atomic mass is 10.0. The molecule has 1 aromatic rings. The fraction of sp³-hybridized carbons (Fsp3) is 0.333. The first-order valence-corrected chi connectivity index (χ1v) is 4.49. The average molecular weight is 233 g/mol. The summed E-state index contributed by atoms with van der Waals surface area (Å²) < 4.78 is 13.2.